The summed E-state index contributed by atoms with van der Waals surface area (Å²) in [6.45, 7) is 2.20. The van der Waals surface area contributed by atoms with E-state index in [-0.39, 0.29) is 5.54 Å². The van der Waals surface area contributed by atoms with Gasteiger partial charge < -0.3 is 5.73 Å². The molecule has 1 aliphatic rings. The molecule has 0 aromatic heterocycles. The molecule has 0 heterocycles. The van der Waals surface area contributed by atoms with Crippen molar-refractivity contribution >= 4 is 0 Å². The topological polar surface area (TPSA) is 26.0 Å². The summed E-state index contributed by atoms with van der Waals surface area (Å²) in [5.41, 5.74) is 9.29. The number of hydrogen-bond acceptors (Lipinski definition) is 1. The summed E-state index contributed by atoms with van der Waals surface area (Å²) in [5.74, 6) is 1.20. The molecule has 2 N–H and O–H groups in total. The molecule has 3 atom stereocenters. The van der Waals surface area contributed by atoms with E-state index in [9.17, 15) is 0 Å². The maximum absolute atomic E-state index is 6.75. The lowest BCUT2D eigenvalue weighted by Gasteiger charge is -2.29. The van der Waals surface area contributed by atoms with E-state index >= 15 is 0 Å². The van der Waals surface area contributed by atoms with Gasteiger partial charge in [-0.05, 0) is 35.8 Å². The Balaban J connectivity index is 1.86. The van der Waals surface area contributed by atoms with Crippen molar-refractivity contribution in [2.24, 2.45) is 11.7 Å². The fourth-order valence-corrected chi connectivity index (χ4v) is 3.26. The van der Waals surface area contributed by atoms with Crippen molar-refractivity contribution in [2.45, 2.75) is 31.2 Å². The molecule has 1 aliphatic carbocycles. The van der Waals surface area contributed by atoms with E-state index in [2.05, 4.69) is 67.6 Å². The molecule has 98 valence electrons. The SMILES string of the molecule is CCC(N)(c1ccccc1)C1CC1c1ccccc1. The molecule has 1 fully saturated rings. The summed E-state index contributed by atoms with van der Waals surface area (Å²) in [4.78, 5) is 0. The van der Waals surface area contributed by atoms with Gasteiger partial charge in [0.1, 0.15) is 0 Å². The molecule has 0 radical (unpaired) electrons. The van der Waals surface area contributed by atoms with Crippen LogP contribution in [-0.2, 0) is 5.54 Å². The quantitative estimate of drug-likeness (QED) is 0.871. The standard InChI is InChI=1S/C18H21N/c1-2-18(19,15-11-7-4-8-12-15)17-13-16(17)14-9-5-3-6-10-14/h3-12,16-17H,2,13,19H2,1H3. The van der Waals surface area contributed by atoms with Crippen LogP contribution in [-0.4, -0.2) is 0 Å². The van der Waals surface area contributed by atoms with Gasteiger partial charge >= 0.3 is 0 Å². The van der Waals surface area contributed by atoms with Crippen LogP contribution >= 0.6 is 0 Å². The van der Waals surface area contributed by atoms with Gasteiger partial charge in [-0.15, -0.1) is 0 Å². The van der Waals surface area contributed by atoms with Crippen LogP contribution < -0.4 is 5.73 Å². The molecule has 0 aliphatic heterocycles. The minimum Gasteiger partial charge on any atom is -0.321 e. The molecule has 19 heavy (non-hydrogen) atoms. The fraction of sp³-hybridized carbons (Fsp3) is 0.333. The first kappa shape index (κ1) is 12.4. The maximum atomic E-state index is 6.75. The molecule has 2 aromatic carbocycles. The number of nitrogens with two attached hydrogens (primary N) is 1. The van der Waals surface area contributed by atoms with Crippen molar-refractivity contribution in [1.29, 1.82) is 0 Å². The van der Waals surface area contributed by atoms with Crippen LogP contribution in [0.2, 0.25) is 0 Å². The highest BCUT2D eigenvalue weighted by molar-refractivity contribution is 5.34. The molecular weight excluding hydrogens is 230 g/mol. The lowest BCUT2D eigenvalue weighted by atomic mass is 9.82. The van der Waals surface area contributed by atoms with Gasteiger partial charge in [0.2, 0.25) is 0 Å². The van der Waals surface area contributed by atoms with E-state index in [1.807, 2.05) is 0 Å². The highest BCUT2D eigenvalue weighted by Gasteiger charge is 2.50. The van der Waals surface area contributed by atoms with Crippen LogP contribution in [0.3, 0.4) is 0 Å². The molecule has 1 heteroatoms. The summed E-state index contributed by atoms with van der Waals surface area (Å²) in [7, 11) is 0. The van der Waals surface area contributed by atoms with Gasteiger partial charge in [0.15, 0.2) is 0 Å². The smallest absolute Gasteiger partial charge is 0.0441 e. The molecule has 1 saturated carbocycles. The maximum Gasteiger partial charge on any atom is 0.0441 e. The van der Waals surface area contributed by atoms with Crippen molar-refractivity contribution in [3.8, 4) is 0 Å². The molecule has 0 amide bonds. The van der Waals surface area contributed by atoms with Crippen LogP contribution in [0.15, 0.2) is 60.7 Å². The van der Waals surface area contributed by atoms with Gasteiger partial charge in [0, 0.05) is 5.54 Å². The van der Waals surface area contributed by atoms with Crippen molar-refractivity contribution in [3.05, 3.63) is 71.8 Å². The van der Waals surface area contributed by atoms with Crippen molar-refractivity contribution in [1.82, 2.24) is 0 Å². The van der Waals surface area contributed by atoms with E-state index in [1.54, 1.807) is 0 Å². The minimum atomic E-state index is -0.179. The lowest BCUT2D eigenvalue weighted by Crippen LogP contribution is -2.38. The molecule has 2 aromatic rings. The number of benzene rings is 2. The predicted octanol–water partition coefficient (Wildman–Crippen LogP) is 4.05. The third kappa shape index (κ3) is 2.19. The van der Waals surface area contributed by atoms with Gasteiger partial charge in [0.25, 0.3) is 0 Å². The highest BCUT2D eigenvalue weighted by Crippen LogP contribution is 2.56. The average Bonchev–Trinajstić information content (AvgIpc) is 3.29. The first-order valence-corrected chi connectivity index (χ1v) is 7.15. The molecule has 0 bridgehead atoms. The molecule has 0 spiro atoms. The van der Waals surface area contributed by atoms with E-state index in [4.69, 9.17) is 5.73 Å². The zero-order valence-electron chi connectivity index (χ0n) is 11.4. The van der Waals surface area contributed by atoms with Gasteiger partial charge in [-0.2, -0.15) is 0 Å². The second-order valence-corrected chi connectivity index (χ2v) is 5.62. The Morgan fingerprint density at radius 1 is 1.00 bits per heavy atom. The van der Waals surface area contributed by atoms with Crippen LogP contribution in [0.5, 0.6) is 0 Å². The van der Waals surface area contributed by atoms with Crippen LogP contribution in [0, 0.1) is 5.92 Å². The predicted molar refractivity (Wildman–Crippen MR) is 79.9 cm³/mol. The van der Waals surface area contributed by atoms with Crippen molar-refractivity contribution in [2.75, 3.05) is 0 Å². The van der Waals surface area contributed by atoms with Gasteiger partial charge in [-0.25, -0.2) is 0 Å². The normalized spacial score (nSPS) is 24.7. The highest BCUT2D eigenvalue weighted by atomic mass is 14.8. The average molecular weight is 251 g/mol. The number of hydrogen-bond donors (Lipinski definition) is 1. The summed E-state index contributed by atoms with van der Waals surface area (Å²) in [6, 6.07) is 21.4. The summed E-state index contributed by atoms with van der Waals surface area (Å²) >= 11 is 0. The Morgan fingerprint density at radius 3 is 2.16 bits per heavy atom. The minimum absolute atomic E-state index is 0.179. The monoisotopic (exact) mass is 251 g/mol. The molecular formula is C18H21N. The van der Waals surface area contributed by atoms with E-state index in [1.165, 1.54) is 17.5 Å². The molecule has 1 nitrogen and oxygen atoms in total. The van der Waals surface area contributed by atoms with Crippen molar-refractivity contribution < 1.29 is 0 Å². The van der Waals surface area contributed by atoms with Gasteiger partial charge in [0.05, 0.1) is 0 Å². The van der Waals surface area contributed by atoms with E-state index < -0.39 is 0 Å². The number of rotatable bonds is 4. The third-order valence-electron chi connectivity index (χ3n) is 4.58. The third-order valence-corrected chi connectivity index (χ3v) is 4.58. The summed E-state index contributed by atoms with van der Waals surface area (Å²) in [5, 5.41) is 0. The van der Waals surface area contributed by atoms with Crippen LogP contribution in [0.4, 0.5) is 0 Å². The van der Waals surface area contributed by atoms with Crippen molar-refractivity contribution in [3.63, 3.8) is 0 Å². The zero-order chi connectivity index (χ0) is 13.3. The second-order valence-electron chi connectivity index (χ2n) is 5.62. The Kier molecular flexibility index (Phi) is 3.16. The molecule has 3 rings (SSSR count). The van der Waals surface area contributed by atoms with E-state index in [0.717, 1.165) is 6.42 Å². The van der Waals surface area contributed by atoms with Crippen LogP contribution in [0.25, 0.3) is 0 Å². The second kappa shape index (κ2) is 4.82. The zero-order valence-corrected chi connectivity index (χ0v) is 11.4. The van der Waals surface area contributed by atoms with E-state index in [0.29, 0.717) is 11.8 Å². The Bertz CT molecular complexity index is 534. The first-order chi connectivity index (χ1) is 9.25. The first-order valence-electron chi connectivity index (χ1n) is 7.15. The fourth-order valence-electron chi connectivity index (χ4n) is 3.26. The van der Waals surface area contributed by atoms with Gasteiger partial charge in [-0.3, -0.25) is 0 Å². The molecule has 3 unspecified atom stereocenters. The van der Waals surface area contributed by atoms with Gasteiger partial charge in [-0.1, -0.05) is 67.6 Å². The lowest BCUT2D eigenvalue weighted by molar-refractivity contribution is 0.363. The Morgan fingerprint density at radius 2 is 1.58 bits per heavy atom. The Labute approximate surface area is 115 Å². The summed E-state index contributed by atoms with van der Waals surface area (Å²) in [6.07, 6.45) is 2.20. The largest absolute Gasteiger partial charge is 0.321 e. The Hall–Kier alpha value is -1.60. The van der Waals surface area contributed by atoms with Crippen LogP contribution in [0.1, 0.15) is 36.8 Å². The molecule has 0 saturated heterocycles. The summed E-state index contributed by atoms with van der Waals surface area (Å²) < 4.78 is 0.